The van der Waals surface area contributed by atoms with Gasteiger partial charge in [-0.1, -0.05) is 44.2 Å². The molecule has 1 heterocycles. The largest absolute Gasteiger partial charge is 0.445 e. The quantitative estimate of drug-likeness (QED) is 0.792. The molecule has 1 unspecified atom stereocenters. The fraction of sp³-hybridized carbons (Fsp3) is 0.435. The minimum absolute atomic E-state index is 0.0371. The number of rotatable bonds is 6. The second-order valence-corrected chi connectivity index (χ2v) is 8.58. The number of nitrogens with one attached hydrogen (secondary N) is 1. The predicted molar refractivity (Wildman–Crippen MR) is 108 cm³/mol. The lowest BCUT2D eigenvalue weighted by atomic mass is 9.87. The molecule has 4 rings (SSSR count). The first-order valence-electron chi connectivity index (χ1n) is 9.94. The van der Waals surface area contributed by atoms with Crippen molar-refractivity contribution in [1.82, 2.24) is 5.32 Å². The van der Waals surface area contributed by atoms with Crippen LogP contribution in [0.4, 0.5) is 14.9 Å². The molecule has 28 heavy (non-hydrogen) atoms. The first-order valence-corrected chi connectivity index (χ1v) is 9.94. The molecule has 0 radical (unpaired) electrons. The number of alkyl carbamates (subject to hydrolysis) is 1. The Morgan fingerprint density at radius 3 is 2.71 bits per heavy atom. The summed E-state index contributed by atoms with van der Waals surface area (Å²) in [6, 6.07) is 14.7. The van der Waals surface area contributed by atoms with E-state index in [9.17, 15) is 9.18 Å². The Bertz CT molecular complexity index is 849. The molecule has 4 nitrogen and oxygen atoms in total. The standard InChI is InChI=1S/C23H27FN2O2/c1-23(2)15-26(21-11-10-18(24)12-19(21)23)13-20(17-8-9-17)25-22(27)28-14-16-6-4-3-5-7-16/h3-7,10-12,17,20H,8-9,13-15H2,1-2H3,(H,25,27). The Morgan fingerprint density at radius 1 is 1.25 bits per heavy atom. The summed E-state index contributed by atoms with van der Waals surface area (Å²) in [5, 5.41) is 3.07. The number of carbonyl (C=O) groups excluding carboxylic acids is 1. The van der Waals surface area contributed by atoms with Crippen LogP contribution in [-0.4, -0.2) is 25.2 Å². The summed E-state index contributed by atoms with van der Waals surface area (Å²) in [6.07, 6.45) is 1.87. The number of benzene rings is 2. The summed E-state index contributed by atoms with van der Waals surface area (Å²) in [7, 11) is 0. The number of halogens is 1. The highest BCUT2D eigenvalue weighted by molar-refractivity contribution is 5.68. The molecule has 0 aromatic heterocycles. The molecule has 1 aliphatic heterocycles. The summed E-state index contributed by atoms with van der Waals surface area (Å²) < 4.78 is 19.1. The van der Waals surface area contributed by atoms with Gasteiger partial charge in [-0.2, -0.15) is 0 Å². The third-order valence-electron chi connectivity index (χ3n) is 5.74. The average molecular weight is 382 g/mol. The van der Waals surface area contributed by atoms with Gasteiger partial charge in [0.25, 0.3) is 0 Å². The molecule has 1 atom stereocenters. The van der Waals surface area contributed by atoms with Crippen molar-refractivity contribution >= 4 is 11.8 Å². The summed E-state index contributed by atoms with van der Waals surface area (Å²) in [5.74, 6) is 0.284. The minimum Gasteiger partial charge on any atom is -0.445 e. The van der Waals surface area contributed by atoms with Gasteiger partial charge in [0, 0.05) is 24.2 Å². The van der Waals surface area contributed by atoms with E-state index in [0.717, 1.165) is 36.2 Å². The summed E-state index contributed by atoms with van der Waals surface area (Å²) in [6.45, 7) is 6.07. The van der Waals surface area contributed by atoms with Crippen LogP contribution in [0.15, 0.2) is 48.5 Å². The van der Waals surface area contributed by atoms with Crippen molar-refractivity contribution in [2.24, 2.45) is 5.92 Å². The second kappa shape index (κ2) is 7.46. The molecule has 2 aromatic rings. The van der Waals surface area contributed by atoms with E-state index in [1.54, 1.807) is 6.07 Å². The van der Waals surface area contributed by atoms with Crippen molar-refractivity contribution < 1.29 is 13.9 Å². The average Bonchev–Trinajstić information content (AvgIpc) is 3.48. The highest BCUT2D eigenvalue weighted by atomic mass is 19.1. The molecule has 0 spiro atoms. The number of nitrogens with zero attached hydrogens (tertiary/aromatic N) is 1. The van der Waals surface area contributed by atoms with Crippen LogP contribution < -0.4 is 10.2 Å². The Hall–Kier alpha value is -2.56. The van der Waals surface area contributed by atoms with E-state index < -0.39 is 0 Å². The van der Waals surface area contributed by atoms with Crippen LogP contribution in [0.2, 0.25) is 0 Å². The van der Waals surface area contributed by atoms with Crippen molar-refractivity contribution in [3.05, 3.63) is 65.5 Å². The summed E-state index contributed by atoms with van der Waals surface area (Å²) in [5.41, 5.74) is 2.96. The maximum atomic E-state index is 13.7. The molecule has 1 fully saturated rings. The molecular weight excluding hydrogens is 355 g/mol. The van der Waals surface area contributed by atoms with Crippen molar-refractivity contribution in [2.75, 3.05) is 18.0 Å². The highest BCUT2D eigenvalue weighted by Gasteiger charge is 2.39. The zero-order valence-electron chi connectivity index (χ0n) is 16.5. The molecule has 5 heteroatoms. The van der Waals surface area contributed by atoms with E-state index in [0.29, 0.717) is 12.5 Å². The monoisotopic (exact) mass is 382 g/mol. The molecule has 148 valence electrons. The number of anilines is 1. The maximum Gasteiger partial charge on any atom is 0.407 e. The van der Waals surface area contributed by atoms with E-state index in [2.05, 4.69) is 24.1 Å². The Labute approximate surface area is 165 Å². The normalized spacial score (nSPS) is 18.5. The van der Waals surface area contributed by atoms with Crippen LogP contribution in [0.1, 0.15) is 37.8 Å². The number of hydrogen-bond donors (Lipinski definition) is 1. The van der Waals surface area contributed by atoms with Crippen molar-refractivity contribution in [3.8, 4) is 0 Å². The smallest absolute Gasteiger partial charge is 0.407 e. The van der Waals surface area contributed by atoms with Gasteiger partial charge < -0.3 is 15.0 Å². The van der Waals surface area contributed by atoms with Crippen molar-refractivity contribution in [1.29, 1.82) is 0 Å². The maximum absolute atomic E-state index is 13.7. The lowest BCUT2D eigenvalue weighted by molar-refractivity contribution is 0.134. The molecule has 0 saturated heterocycles. The van der Waals surface area contributed by atoms with Crippen molar-refractivity contribution in [2.45, 2.75) is 44.8 Å². The fourth-order valence-corrected chi connectivity index (χ4v) is 4.10. The van der Waals surface area contributed by atoms with Gasteiger partial charge in [0.2, 0.25) is 0 Å². The van der Waals surface area contributed by atoms with Gasteiger partial charge in [-0.15, -0.1) is 0 Å². The lowest BCUT2D eigenvalue weighted by Gasteiger charge is -2.28. The topological polar surface area (TPSA) is 41.6 Å². The highest BCUT2D eigenvalue weighted by Crippen LogP contribution is 2.42. The van der Waals surface area contributed by atoms with Gasteiger partial charge in [-0.3, -0.25) is 0 Å². The van der Waals surface area contributed by atoms with E-state index in [4.69, 9.17) is 4.74 Å². The SMILES string of the molecule is CC1(C)CN(CC(NC(=O)OCc2ccccc2)C2CC2)c2ccc(F)cc21. The molecular formula is C23H27FN2O2. The van der Waals surface area contributed by atoms with Crippen LogP contribution in [0.5, 0.6) is 0 Å². The van der Waals surface area contributed by atoms with Crippen LogP contribution in [0, 0.1) is 11.7 Å². The fourth-order valence-electron chi connectivity index (χ4n) is 4.10. The summed E-state index contributed by atoms with van der Waals surface area (Å²) in [4.78, 5) is 14.6. The number of amides is 1. The van der Waals surface area contributed by atoms with E-state index in [1.165, 1.54) is 6.07 Å². The minimum atomic E-state index is -0.376. The molecule has 1 aliphatic carbocycles. The number of fused-ring (bicyclic) bond motifs is 1. The Balaban J connectivity index is 1.40. The van der Waals surface area contributed by atoms with Crippen LogP contribution in [0.3, 0.4) is 0 Å². The van der Waals surface area contributed by atoms with Gasteiger partial charge in [0.1, 0.15) is 12.4 Å². The lowest BCUT2D eigenvalue weighted by Crippen LogP contribution is -2.46. The Kier molecular flexibility index (Phi) is 5.00. The zero-order chi connectivity index (χ0) is 19.7. The number of carbonyl (C=O) groups is 1. The molecule has 1 N–H and O–H groups in total. The number of ether oxygens (including phenoxy) is 1. The van der Waals surface area contributed by atoms with E-state index in [-0.39, 0.29) is 30.0 Å². The predicted octanol–water partition coefficient (Wildman–Crippen LogP) is 4.63. The van der Waals surface area contributed by atoms with E-state index >= 15 is 0 Å². The van der Waals surface area contributed by atoms with Gasteiger partial charge in [-0.25, -0.2) is 9.18 Å². The van der Waals surface area contributed by atoms with Crippen LogP contribution in [-0.2, 0) is 16.8 Å². The van der Waals surface area contributed by atoms with Crippen LogP contribution in [0.25, 0.3) is 0 Å². The Morgan fingerprint density at radius 2 is 2.00 bits per heavy atom. The summed E-state index contributed by atoms with van der Waals surface area (Å²) >= 11 is 0. The molecule has 2 aromatic carbocycles. The zero-order valence-corrected chi connectivity index (χ0v) is 16.5. The van der Waals surface area contributed by atoms with Gasteiger partial charge in [-0.05, 0) is 48.1 Å². The van der Waals surface area contributed by atoms with Gasteiger partial charge >= 0.3 is 6.09 Å². The third-order valence-corrected chi connectivity index (χ3v) is 5.74. The first-order chi connectivity index (χ1) is 13.4. The van der Waals surface area contributed by atoms with Crippen molar-refractivity contribution in [3.63, 3.8) is 0 Å². The van der Waals surface area contributed by atoms with E-state index in [1.807, 2.05) is 36.4 Å². The molecule has 2 aliphatic rings. The van der Waals surface area contributed by atoms with Gasteiger partial charge in [0.05, 0.1) is 6.04 Å². The third kappa shape index (κ3) is 4.13. The number of hydrogen-bond acceptors (Lipinski definition) is 3. The molecule has 1 saturated carbocycles. The molecule has 1 amide bonds. The first kappa shape index (κ1) is 18.8. The second-order valence-electron chi connectivity index (χ2n) is 8.58. The van der Waals surface area contributed by atoms with Gasteiger partial charge in [0.15, 0.2) is 0 Å². The van der Waals surface area contributed by atoms with Crippen LogP contribution >= 0.6 is 0 Å². The molecule has 0 bridgehead atoms.